The highest BCUT2D eigenvalue weighted by Crippen LogP contribution is 2.42. The van der Waals surface area contributed by atoms with Crippen molar-refractivity contribution in [2.24, 2.45) is 17.8 Å². The zero-order valence-electron chi connectivity index (χ0n) is 13.2. The summed E-state index contributed by atoms with van der Waals surface area (Å²) in [6, 6.07) is 10.5. The molecule has 0 radical (unpaired) electrons. The van der Waals surface area contributed by atoms with Gasteiger partial charge in [0.2, 0.25) is 0 Å². The lowest BCUT2D eigenvalue weighted by molar-refractivity contribution is 0.220. The van der Waals surface area contributed by atoms with E-state index < -0.39 is 0 Å². The highest BCUT2D eigenvalue weighted by atomic mass is 15.0. The first-order valence-corrected chi connectivity index (χ1v) is 8.44. The lowest BCUT2D eigenvalue weighted by Gasteiger charge is -2.35. The van der Waals surface area contributed by atoms with Gasteiger partial charge in [0.1, 0.15) is 0 Å². The minimum atomic E-state index is 0.595. The van der Waals surface area contributed by atoms with Crippen molar-refractivity contribution < 1.29 is 0 Å². The predicted octanol–water partition coefficient (Wildman–Crippen LogP) is 4.86. The Kier molecular flexibility index (Phi) is 4.16. The van der Waals surface area contributed by atoms with Crippen LogP contribution in [0.4, 0.5) is 0 Å². The molecular formula is C19H29N. The third-order valence-corrected chi connectivity index (χ3v) is 5.12. The van der Waals surface area contributed by atoms with Gasteiger partial charge in [-0.15, -0.1) is 0 Å². The van der Waals surface area contributed by atoms with E-state index in [-0.39, 0.29) is 0 Å². The Morgan fingerprint density at radius 2 is 1.55 bits per heavy atom. The van der Waals surface area contributed by atoms with E-state index in [9.17, 15) is 0 Å². The molecule has 0 saturated heterocycles. The molecule has 20 heavy (non-hydrogen) atoms. The molecule has 1 heteroatoms. The van der Waals surface area contributed by atoms with Gasteiger partial charge >= 0.3 is 0 Å². The Bertz CT molecular complexity index is 422. The molecule has 2 aliphatic carbocycles. The Balaban J connectivity index is 1.70. The van der Waals surface area contributed by atoms with Crippen LogP contribution in [0, 0.1) is 24.7 Å². The average molecular weight is 271 g/mol. The number of hydrogen-bond donors (Lipinski definition) is 1. The van der Waals surface area contributed by atoms with Crippen molar-refractivity contribution in [2.45, 2.75) is 65.0 Å². The van der Waals surface area contributed by atoms with Crippen LogP contribution in [-0.2, 0) is 0 Å². The molecule has 2 saturated carbocycles. The van der Waals surface area contributed by atoms with Gasteiger partial charge in [0, 0.05) is 12.1 Å². The van der Waals surface area contributed by atoms with Crippen LogP contribution in [0.5, 0.6) is 0 Å². The molecule has 1 aromatic carbocycles. The van der Waals surface area contributed by atoms with Gasteiger partial charge in [0.05, 0.1) is 0 Å². The van der Waals surface area contributed by atoms with E-state index in [1.165, 1.54) is 43.2 Å². The largest absolute Gasteiger partial charge is 0.307 e. The van der Waals surface area contributed by atoms with Gasteiger partial charge in [-0.1, -0.05) is 43.7 Å². The minimum absolute atomic E-state index is 0.595. The zero-order valence-corrected chi connectivity index (χ0v) is 13.2. The number of benzene rings is 1. The van der Waals surface area contributed by atoms with Gasteiger partial charge < -0.3 is 5.32 Å². The summed E-state index contributed by atoms with van der Waals surface area (Å²) in [6.07, 6.45) is 6.95. The van der Waals surface area contributed by atoms with E-state index in [0.29, 0.717) is 6.04 Å². The summed E-state index contributed by atoms with van der Waals surface area (Å²) in [4.78, 5) is 0. The topological polar surface area (TPSA) is 12.0 Å². The normalized spacial score (nSPS) is 32.0. The Morgan fingerprint density at radius 1 is 0.950 bits per heavy atom. The van der Waals surface area contributed by atoms with Crippen LogP contribution in [0.1, 0.15) is 63.1 Å². The van der Waals surface area contributed by atoms with Crippen LogP contribution in [0.25, 0.3) is 0 Å². The first-order chi connectivity index (χ1) is 9.61. The fourth-order valence-corrected chi connectivity index (χ4v) is 4.04. The van der Waals surface area contributed by atoms with E-state index in [2.05, 4.69) is 50.4 Å². The molecule has 0 spiro atoms. The molecule has 3 atom stereocenters. The van der Waals surface area contributed by atoms with E-state index in [0.717, 1.165) is 23.8 Å². The minimum Gasteiger partial charge on any atom is -0.307 e. The first kappa shape index (κ1) is 14.1. The molecule has 1 nitrogen and oxygen atoms in total. The number of aryl methyl sites for hydroxylation is 1. The van der Waals surface area contributed by atoms with Crippen molar-refractivity contribution in [1.82, 2.24) is 5.32 Å². The Hall–Kier alpha value is -0.820. The van der Waals surface area contributed by atoms with E-state index >= 15 is 0 Å². The van der Waals surface area contributed by atoms with Gasteiger partial charge in [0.25, 0.3) is 0 Å². The summed E-state index contributed by atoms with van der Waals surface area (Å²) in [5, 5.41) is 4.01. The number of rotatable bonds is 4. The highest BCUT2D eigenvalue weighted by molar-refractivity contribution is 5.25. The number of hydrogen-bond acceptors (Lipinski definition) is 1. The van der Waals surface area contributed by atoms with E-state index in [4.69, 9.17) is 0 Å². The molecule has 110 valence electrons. The number of nitrogens with one attached hydrogen (secondary N) is 1. The summed E-state index contributed by atoms with van der Waals surface area (Å²) in [5.74, 6) is 2.65. The highest BCUT2D eigenvalue weighted by Gasteiger charge is 2.35. The maximum Gasteiger partial charge on any atom is 0.0351 e. The fraction of sp³-hybridized carbons (Fsp3) is 0.684. The van der Waals surface area contributed by atoms with Crippen molar-refractivity contribution >= 4 is 0 Å². The monoisotopic (exact) mass is 271 g/mol. The van der Waals surface area contributed by atoms with Crippen LogP contribution in [-0.4, -0.2) is 6.04 Å². The molecule has 0 amide bonds. The van der Waals surface area contributed by atoms with Crippen molar-refractivity contribution in [2.75, 3.05) is 0 Å². The van der Waals surface area contributed by atoms with Crippen LogP contribution in [0.2, 0.25) is 0 Å². The first-order valence-electron chi connectivity index (χ1n) is 8.44. The summed E-state index contributed by atoms with van der Waals surface area (Å²) in [6.45, 7) is 7.01. The van der Waals surface area contributed by atoms with Crippen molar-refractivity contribution in [3.05, 3.63) is 35.4 Å². The third kappa shape index (κ3) is 3.44. The van der Waals surface area contributed by atoms with Crippen LogP contribution >= 0.6 is 0 Å². The summed E-state index contributed by atoms with van der Waals surface area (Å²) < 4.78 is 0. The molecule has 0 heterocycles. The van der Waals surface area contributed by atoms with E-state index in [1.807, 2.05) is 0 Å². The van der Waals surface area contributed by atoms with Gasteiger partial charge in [0.15, 0.2) is 0 Å². The second-order valence-electron chi connectivity index (χ2n) is 7.51. The lowest BCUT2D eigenvalue weighted by atomic mass is 9.80. The summed E-state index contributed by atoms with van der Waals surface area (Å²) in [7, 11) is 0. The molecule has 2 fully saturated rings. The van der Waals surface area contributed by atoms with Crippen molar-refractivity contribution in [3.63, 3.8) is 0 Å². The molecule has 0 bridgehead atoms. The summed E-state index contributed by atoms with van der Waals surface area (Å²) in [5.41, 5.74) is 2.87. The fourth-order valence-electron chi connectivity index (χ4n) is 4.04. The van der Waals surface area contributed by atoms with E-state index in [1.54, 1.807) is 0 Å². The second kappa shape index (κ2) is 5.89. The molecule has 0 aromatic heterocycles. The van der Waals surface area contributed by atoms with Gasteiger partial charge in [-0.25, -0.2) is 0 Å². The summed E-state index contributed by atoms with van der Waals surface area (Å²) >= 11 is 0. The van der Waals surface area contributed by atoms with Crippen molar-refractivity contribution in [1.29, 1.82) is 0 Å². The second-order valence-corrected chi connectivity index (χ2v) is 7.51. The Morgan fingerprint density at radius 3 is 2.10 bits per heavy atom. The molecule has 0 aliphatic heterocycles. The quantitative estimate of drug-likeness (QED) is 0.824. The van der Waals surface area contributed by atoms with Gasteiger partial charge in [-0.05, 0) is 62.3 Å². The zero-order chi connectivity index (χ0) is 14.1. The molecule has 3 rings (SSSR count). The van der Waals surface area contributed by atoms with Gasteiger partial charge in [-0.3, -0.25) is 0 Å². The van der Waals surface area contributed by atoms with Crippen molar-refractivity contribution in [3.8, 4) is 0 Å². The predicted molar refractivity (Wildman–Crippen MR) is 85.7 cm³/mol. The molecular weight excluding hydrogens is 242 g/mol. The van der Waals surface area contributed by atoms with Crippen LogP contribution in [0.3, 0.4) is 0 Å². The molecule has 1 N–H and O–H groups in total. The maximum absolute atomic E-state index is 4.01. The molecule has 1 aromatic rings. The average Bonchev–Trinajstić information content (AvgIpc) is 3.20. The SMILES string of the molecule is Cc1ccc(C(NC2CC(C)CC(C)C2)C2CC2)cc1. The molecule has 2 aliphatic rings. The third-order valence-electron chi connectivity index (χ3n) is 5.12. The smallest absolute Gasteiger partial charge is 0.0351 e. The van der Waals surface area contributed by atoms with Gasteiger partial charge in [-0.2, -0.15) is 0 Å². The molecule has 3 unspecified atom stereocenters. The van der Waals surface area contributed by atoms with Crippen LogP contribution < -0.4 is 5.32 Å². The standard InChI is InChI=1S/C19H29N/c1-13-4-6-16(7-5-13)19(17-8-9-17)20-18-11-14(2)10-15(3)12-18/h4-7,14-15,17-20H,8-12H2,1-3H3. The van der Waals surface area contributed by atoms with Crippen LogP contribution in [0.15, 0.2) is 24.3 Å². The Labute approximate surface area is 124 Å². The maximum atomic E-state index is 4.01. The lowest BCUT2D eigenvalue weighted by Crippen LogP contribution is -2.39.